The summed E-state index contributed by atoms with van der Waals surface area (Å²) in [7, 11) is 0. The number of hydrogen-bond donors (Lipinski definition) is 3. The zero-order valence-corrected chi connectivity index (χ0v) is 12.1. The molecule has 17 heavy (non-hydrogen) atoms. The molecule has 0 aliphatic carbocycles. The van der Waals surface area contributed by atoms with Crippen LogP contribution < -0.4 is 16.0 Å². The maximum Gasteiger partial charge on any atom is 0.216 e. The third kappa shape index (κ3) is 21.3. The highest BCUT2D eigenvalue weighted by Gasteiger charge is 1.91. The topological polar surface area (TPSA) is 53.2 Å². The van der Waals surface area contributed by atoms with E-state index in [9.17, 15) is 4.79 Å². The molecule has 0 aliphatic heterocycles. The summed E-state index contributed by atoms with van der Waals surface area (Å²) >= 11 is 0. The molecule has 0 saturated heterocycles. The summed E-state index contributed by atoms with van der Waals surface area (Å²) < 4.78 is 0. The van der Waals surface area contributed by atoms with Gasteiger partial charge < -0.3 is 16.0 Å². The van der Waals surface area contributed by atoms with Crippen molar-refractivity contribution in [2.24, 2.45) is 0 Å². The van der Waals surface area contributed by atoms with Gasteiger partial charge in [0.1, 0.15) is 0 Å². The second-order valence-electron chi connectivity index (χ2n) is 3.65. The van der Waals surface area contributed by atoms with Crippen molar-refractivity contribution >= 4 is 5.91 Å². The molecule has 0 radical (unpaired) electrons. The zero-order chi connectivity index (χ0) is 13.4. The molecular weight excluding hydrogens is 214 g/mol. The van der Waals surface area contributed by atoms with E-state index in [2.05, 4.69) is 22.9 Å². The van der Waals surface area contributed by atoms with Crippen molar-refractivity contribution in [3.8, 4) is 0 Å². The Morgan fingerprint density at radius 2 is 1.53 bits per heavy atom. The van der Waals surface area contributed by atoms with Crippen LogP contribution in [0.3, 0.4) is 0 Å². The Morgan fingerprint density at radius 1 is 0.941 bits per heavy atom. The van der Waals surface area contributed by atoms with Gasteiger partial charge in [-0.15, -0.1) is 0 Å². The fourth-order valence-electron chi connectivity index (χ4n) is 1.29. The first-order chi connectivity index (χ1) is 8.27. The summed E-state index contributed by atoms with van der Waals surface area (Å²) in [6.45, 7) is 12.7. The van der Waals surface area contributed by atoms with Crippen LogP contribution in [0.15, 0.2) is 0 Å². The number of hydrogen-bond acceptors (Lipinski definition) is 3. The van der Waals surface area contributed by atoms with Crippen LogP contribution in [0.2, 0.25) is 0 Å². The molecule has 0 aliphatic rings. The minimum absolute atomic E-state index is 0. The van der Waals surface area contributed by atoms with Crippen LogP contribution in [0.25, 0.3) is 0 Å². The maximum absolute atomic E-state index is 10.5. The second kappa shape index (κ2) is 17.8. The Bertz CT molecular complexity index is 164. The van der Waals surface area contributed by atoms with Crippen LogP contribution in [0.5, 0.6) is 0 Å². The van der Waals surface area contributed by atoms with Crippen molar-refractivity contribution in [1.29, 1.82) is 0 Å². The molecule has 4 heteroatoms. The average molecular weight is 251 g/mol. The smallest absolute Gasteiger partial charge is 0.216 e. The molecule has 110 valence electrons. The van der Waals surface area contributed by atoms with Crippen molar-refractivity contribution in [2.75, 3.05) is 32.7 Å². The predicted octanol–water partition coefficient (Wildman–Crippen LogP) is 2.26. The number of amides is 1. The van der Waals surface area contributed by atoms with E-state index in [-0.39, 0.29) is 10.2 Å². The van der Waals surface area contributed by atoms with E-state index in [4.69, 9.17) is 0 Å². The monoisotopic (exact) mass is 251 g/mol. The van der Waals surface area contributed by atoms with Crippen molar-refractivity contribution in [3.63, 3.8) is 0 Å². The zero-order valence-electron chi connectivity index (χ0n) is 12.1. The van der Waals surface area contributed by atoms with Gasteiger partial charge in [-0.3, -0.25) is 4.79 Å². The number of unbranched alkanes of at least 4 members (excludes halogenated alkanes) is 2. The van der Waals surface area contributed by atoms with E-state index in [1.165, 1.54) is 12.8 Å². The summed E-state index contributed by atoms with van der Waals surface area (Å²) in [5.41, 5.74) is 0. The van der Waals surface area contributed by atoms with Gasteiger partial charge in [0, 0.05) is 30.8 Å². The fourth-order valence-corrected chi connectivity index (χ4v) is 1.29. The summed E-state index contributed by atoms with van der Waals surface area (Å²) in [4.78, 5) is 10.5. The molecule has 0 aromatic heterocycles. The molecule has 0 aromatic rings. The number of nitrogens with one attached hydrogen (secondary N) is 3. The van der Waals surface area contributed by atoms with Gasteiger partial charge in [0.05, 0.1) is 0 Å². The molecule has 0 aromatic carbocycles. The normalized spacial score (nSPS) is 9.41. The van der Waals surface area contributed by atoms with Crippen LogP contribution in [0.4, 0.5) is 0 Å². The molecule has 4 nitrogen and oxygen atoms in total. The number of likely N-dealkylation sites (N-methyl/N-ethyl adjacent to an activating group) is 1. The molecule has 0 rings (SSSR count). The van der Waals surface area contributed by atoms with E-state index in [0.29, 0.717) is 0 Å². The van der Waals surface area contributed by atoms with Crippen LogP contribution >= 0.6 is 0 Å². The molecule has 0 unspecified atom stereocenters. The standard InChI is InChI=1S/C11H25N3O.C2H6.3H2/c1-3-12-9-10-13-7-5-4-6-8-14-11(2)15;1-2;;;/h12-13H,3-10H2,1-2H3,(H,14,15);1-2H3;3*1H. The van der Waals surface area contributed by atoms with Gasteiger partial charge in [-0.25, -0.2) is 0 Å². The van der Waals surface area contributed by atoms with Crippen LogP contribution in [0, 0.1) is 0 Å². The quantitative estimate of drug-likeness (QED) is 0.522. The van der Waals surface area contributed by atoms with E-state index in [1.807, 2.05) is 13.8 Å². The summed E-state index contributed by atoms with van der Waals surface area (Å²) in [6.07, 6.45) is 3.44. The number of rotatable bonds is 10. The Kier molecular flexibility index (Phi) is 19.6. The summed E-state index contributed by atoms with van der Waals surface area (Å²) in [5.74, 6) is 0.0683. The van der Waals surface area contributed by atoms with E-state index >= 15 is 0 Å². The van der Waals surface area contributed by atoms with Crippen molar-refractivity contribution in [3.05, 3.63) is 0 Å². The fraction of sp³-hybridized carbons (Fsp3) is 0.923. The molecule has 1 amide bonds. The third-order valence-electron chi connectivity index (χ3n) is 2.13. The summed E-state index contributed by atoms with van der Waals surface area (Å²) in [6, 6.07) is 0. The Labute approximate surface area is 111 Å². The molecule has 0 heterocycles. The highest BCUT2D eigenvalue weighted by Crippen LogP contribution is 1.91. The van der Waals surface area contributed by atoms with Gasteiger partial charge in [0.25, 0.3) is 0 Å². The lowest BCUT2D eigenvalue weighted by molar-refractivity contribution is -0.118. The van der Waals surface area contributed by atoms with Gasteiger partial charge in [-0.05, 0) is 25.9 Å². The first-order valence-corrected chi connectivity index (χ1v) is 6.93. The van der Waals surface area contributed by atoms with Crippen molar-refractivity contribution in [1.82, 2.24) is 16.0 Å². The molecular formula is C13H37N3O. The molecule has 3 N–H and O–H groups in total. The minimum Gasteiger partial charge on any atom is -0.356 e. The Hall–Kier alpha value is -0.610. The van der Waals surface area contributed by atoms with Gasteiger partial charge in [-0.2, -0.15) is 0 Å². The first kappa shape index (κ1) is 18.7. The molecule has 0 saturated carbocycles. The SMILES string of the molecule is CC.CCNCCNCCCCCNC(C)=O.[HH].[HH].[HH]. The highest BCUT2D eigenvalue weighted by molar-refractivity contribution is 5.72. The van der Waals surface area contributed by atoms with Crippen LogP contribution in [-0.4, -0.2) is 38.6 Å². The highest BCUT2D eigenvalue weighted by atomic mass is 16.1. The maximum atomic E-state index is 10.5. The van der Waals surface area contributed by atoms with Crippen LogP contribution in [-0.2, 0) is 4.79 Å². The minimum atomic E-state index is 0. The number of carbonyl (C=O) groups is 1. The van der Waals surface area contributed by atoms with Gasteiger partial charge in [0.15, 0.2) is 0 Å². The van der Waals surface area contributed by atoms with Gasteiger partial charge in [0.2, 0.25) is 5.91 Å². The molecule has 0 fully saturated rings. The van der Waals surface area contributed by atoms with E-state index in [1.54, 1.807) is 6.92 Å². The number of carbonyl (C=O) groups excluding carboxylic acids is 1. The van der Waals surface area contributed by atoms with Crippen molar-refractivity contribution in [2.45, 2.75) is 47.0 Å². The largest absolute Gasteiger partial charge is 0.356 e. The van der Waals surface area contributed by atoms with E-state index < -0.39 is 0 Å². The van der Waals surface area contributed by atoms with E-state index in [0.717, 1.165) is 39.1 Å². The third-order valence-corrected chi connectivity index (χ3v) is 2.13. The Balaban J connectivity index is -0.000000143. The molecule has 0 spiro atoms. The molecule has 0 bridgehead atoms. The van der Waals surface area contributed by atoms with Gasteiger partial charge in [-0.1, -0.05) is 27.2 Å². The Morgan fingerprint density at radius 3 is 2.12 bits per heavy atom. The van der Waals surface area contributed by atoms with Crippen molar-refractivity contribution < 1.29 is 9.07 Å². The lowest BCUT2D eigenvalue weighted by atomic mass is 10.2. The first-order valence-electron chi connectivity index (χ1n) is 6.93. The molecule has 0 atom stereocenters. The average Bonchev–Trinajstić information content (AvgIpc) is 2.34. The van der Waals surface area contributed by atoms with Crippen LogP contribution in [0.1, 0.15) is 51.2 Å². The lowest BCUT2D eigenvalue weighted by Crippen LogP contribution is -2.27. The predicted molar refractivity (Wildman–Crippen MR) is 81.6 cm³/mol. The lowest BCUT2D eigenvalue weighted by Gasteiger charge is -2.05. The summed E-state index contributed by atoms with van der Waals surface area (Å²) in [5, 5.41) is 9.43. The second-order valence-corrected chi connectivity index (χ2v) is 3.65. The van der Waals surface area contributed by atoms with Gasteiger partial charge >= 0.3 is 0 Å².